The van der Waals surface area contributed by atoms with E-state index in [0.717, 1.165) is 0 Å². The molecule has 72 valence electrons. The van der Waals surface area contributed by atoms with Crippen molar-refractivity contribution in [3.63, 3.8) is 0 Å². The van der Waals surface area contributed by atoms with E-state index in [-0.39, 0.29) is 6.29 Å². The molecule has 0 rings (SSSR count). The molecule has 0 aromatic carbocycles. The van der Waals surface area contributed by atoms with Gasteiger partial charge in [0, 0.05) is 20.6 Å². The van der Waals surface area contributed by atoms with Crippen molar-refractivity contribution < 1.29 is 19.4 Å². The number of rotatable bonds is 6. The first-order valence-corrected chi connectivity index (χ1v) is 3.65. The minimum Gasteiger partial charge on any atom is -0.480 e. The number of carboxylic acids is 1. The molecule has 5 heteroatoms. The van der Waals surface area contributed by atoms with Gasteiger partial charge in [-0.15, -0.1) is 0 Å². The van der Waals surface area contributed by atoms with Gasteiger partial charge in [0.1, 0.15) is 6.04 Å². The van der Waals surface area contributed by atoms with Crippen molar-refractivity contribution >= 4 is 5.97 Å². The van der Waals surface area contributed by atoms with E-state index in [4.69, 9.17) is 20.3 Å². The molecule has 0 heterocycles. The van der Waals surface area contributed by atoms with Crippen molar-refractivity contribution in [2.75, 3.05) is 14.2 Å². The number of carboxylic acid groups (broad SMARTS) is 1. The van der Waals surface area contributed by atoms with Gasteiger partial charge in [0.25, 0.3) is 0 Å². The standard InChI is InChI=1S/C7H15NO4/c1-11-6(12-2)4-3-5(8)7(9)10/h5-6H,3-4,8H2,1-2H3,(H,9,10)/t5-/m1/s1. The molecule has 0 unspecified atom stereocenters. The number of hydrogen-bond acceptors (Lipinski definition) is 4. The molecule has 12 heavy (non-hydrogen) atoms. The lowest BCUT2D eigenvalue weighted by Gasteiger charge is -2.14. The smallest absolute Gasteiger partial charge is 0.320 e. The Hall–Kier alpha value is -0.650. The Morgan fingerprint density at radius 1 is 1.42 bits per heavy atom. The van der Waals surface area contributed by atoms with Gasteiger partial charge >= 0.3 is 5.97 Å². The van der Waals surface area contributed by atoms with Crippen LogP contribution in [0.25, 0.3) is 0 Å². The van der Waals surface area contributed by atoms with E-state index in [1.54, 1.807) is 0 Å². The Labute approximate surface area is 71.5 Å². The van der Waals surface area contributed by atoms with Gasteiger partial charge in [0.15, 0.2) is 6.29 Å². The molecule has 1 atom stereocenters. The summed E-state index contributed by atoms with van der Waals surface area (Å²) in [5.41, 5.74) is 5.26. The molecule has 3 N–H and O–H groups in total. The Balaban J connectivity index is 3.58. The second-order valence-electron chi connectivity index (χ2n) is 2.42. The van der Waals surface area contributed by atoms with Crippen molar-refractivity contribution in [3.05, 3.63) is 0 Å². The maximum atomic E-state index is 10.3. The summed E-state index contributed by atoms with van der Waals surface area (Å²) in [6, 6.07) is -0.835. The third-order valence-electron chi connectivity index (χ3n) is 1.56. The molecule has 0 saturated heterocycles. The van der Waals surface area contributed by atoms with Crippen molar-refractivity contribution in [2.24, 2.45) is 5.73 Å². The highest BCUT2D eigenvalue weighted by Crippen LogP contribution is 2.03. The Bertz CT molecular complexity index is 135. The number of hydrogen-bond donors (Lipinski definition) is 2. The minimum atomic E-state index is -0.999. The van der Waals surface area contributed by atoms with Crippen molar-refractivity contribution in [1.82, 2.24) is 0 Å². The molecule has 0 aliphatic carbocycles. The number of methoxy groups -OCH3 is 2. The summed E-state index contributed by atoms with van der Waals surface area (Å²) in [5, 5.41) is 8.43. The fourth-order valence-corrected chi connectivity index (χ4v) is 0.771. The summed E-state index contributed by atoms with van der Waals surface area (Å²) in [5.74, 6) is -0.999. The Morgan fingerprint density at radius 2 is 1.92 bits per heavy atom. The summed E-state index contributed by atoms with van der Waals surface area (Å²) in [6.45, 7) is 0. The lowest BCUT2D eigenvalue weighted by Crippen LogP contribution is -2.31. The average molecular weight is 177 g/mol. The molecule has 0 saturated carbocycles. The summed E-state index contributed by atoms with van der Waals surface area (Å²) in [4.78, 5) is 10.3. The molecule has 5 nitrogen and oxygen atoms in total. The fraction of sp³-hybridized carbons (Fsp3) is 0.857. The summed E-state index contributed by atoms with van der Waals surface area (Å²) >= 11 is 0. The number of aliphatic carboxylic acids is 1. The van der Waals surface area contributed by atoms with Crippen molar-refractivity contribution in [2.45, 2.75) is 25.2 Å². The quantitative estimate of drug-likeness (QED) is 0.549. The lowest BCUT2D eigenvalue weighted by atomic mass is 10.2. The molecule has 0 spiro atoms. The van der Waals surface area contributed by atoms with Crippen LogP contribution in [0.2, 0.25) is 0 Å². The lowest BCUT2D eigenvalue weighted by molar-refractivity contribution is -0.140. The van der Waals surface area contributed by atoms with Crippen LogP contribution in [-0.4, -0.2) is 37.6 Å². The van der Waals surface area contributed by atoms with Crippen LogP contribution in [0.5, 0.6) is 0 Å². The van der Waals surface area contributed by atoms with Gasteiger partial charge in [-0.05, 0) is 6.42 Å². The van der Waals surface area contributed by atoms with E-state index in [1.807, 2.05) is 0 Å². The molecule has 0 aliphatic rings. The zero-order chi connectivity index (χ0) is 9.56. The van der Waals surface area contributed by atoms with Crippen LogP contribution >= 0.6 is 0 Å². The monoisotopic (exact) mass is 177 g/mol. The van der Waals surface area contributed by atoms with Crippen LogP contribution in [-0.2, 0) is 14.3 Å². The summed E-state index contributed by atoms with van der Waals surface area (Å²) in [7, 11) is 3.00. The SMILES string of the molecule is COC(CC[C@@H](N)C(=O)O)OC. The van der Waals surface area contributed by atoms with Crippen LogP contribution in [0, 0.1) is 0 Å². The van der Waals surface area contributed by atoms with E-state index in [0.29, 0.717) is 12.8 Å². The van der Waals surface area contributed by atoms with Gasteiger partial charge in [0.2, 0.25) is 0 Å². The highest BCUT2D eigenvalue weighted by molar-refractivity contribution is 5.72. The van der Waals surface area contributed by atoms with Gasteiger partial charge in [-0.1, -0.05) is 0 Å². The second-order valence-corrected chi connectivity index (χ2v) is 2.42. The molecule has 0 aromatic rings. The average Bonchev–Trinajstić information content (AvgIpc) is 2.05. The van der Waals surface area contributed by atoms with Gasteiger partial charge in [-0.2, -0.15) is 0 Å². The topological polar surface area (TPSA) is 81.8 Å². The molecule has 0 bridgehead atoms. The van der Waals surface area contributed by atoms with E-state index in [1.165, 1.54) is 14.2 Å². The second kappa shape index (κ2) is 5.93. The van der Waals surface area contributed by atoms with E-state index in [2.05, 4.69) is 0 Å². The van der Waals surface area contributed by atoms with Gasteiger partial charge in [0.05, 0.1) is 0 Å². The first-order chi connectivity index (χ1) is 5.61. The Morgan fingerprint density at radius 3 is 2.25 bits per heavy atom. The largest absolute Gasteiger partial charge is 0.480 e. The zero-order valence-corrected chi connectivity index (χ0v) is 7.32. The van der Waals surface area contributed by atoms with E-state index >= 15 is 0 Å². The first kappa shape index (κ1) is 11.4. The maximum Gasteiger partial charge on any atom is 0.320 e. The van der Waals surface area contributed by atoms with Crippen LogP contribution in [0.3, 0.4) is 0 Å². The molecule has 0 amide bonds. The van der Waals surface area contributed by atoms with Gasteiger partial charge < -0.3 is 20.3 Å². The van der Waals surface area contributed by atoms with Gasteiger partial charge in [-0.25, -0.2) is 0 Å². The van der Waals surface area contributed by atoms with E-state index < -0.39 is 12.0 Å². The van der Waals surface area contributed by atoms with Gasteiger partial charge in [-0.3, -0.25) is 4.79 Å². The van der Waals surface area contributed by atoms with E-state index in [9.17, 15) is 4.79 Å². The van der Waals surface area contributed by atoms with Crippen LogP contribution in [0.1, 0.15) is 12.8 Å². The van der Waals surface area contributed by atoms with Crippen molar-refractivity contribution in [3.8, 4) is 0 Å². The van der Waals surface area contributed by atoms with Crippen LogP contribution in [0.4, 0.5) is 0 Å². The maximum absolute atomic E-state index is 10.3. The predicted molar refractivity (Wildman–Crippen MR) is 42.7 cm³/mol. The normalized spacial score (nSPS) is 13.3. The summed E-state index contributed by atoms with van der Waals surface area (Å²) < 4.78 is 9.72. The molecular formula is C7H15NO4. The minimum absolute atomic E-state index is 0.349. The Kier molecular flexibility index (Phi) is 5.61. The third kappa shape index (κ3) is 4.27. The van der Waals surface area contributed by atoms with Crippen molar-refractivity contribution in [1.29, 1.82) is 0 Å². The number of ether oxygens (including phenoxy) is 2. The highest BCUT2D eigenvalue weighted by Gasteiger charge is 2.14. The predicted octanol–water partition coefficient (Wildman–Crippen LogP) is -0.203. The molecular weight excluding hydrogens is 162 g/mol. The number of nitrogens with two attached hydrogens (primary N) is 1. The zero-order valence-electron chi connectivity index (χ0n) is 7.32. The van der Waals surface area contributed by atoms with Crippen LogP contribution < -0.4 is 5.73 Å². The molecule has 0 aliphatic heterocycles. The first-order valence-electron chi connectivity index (χ1n) is 3.65. The molecule has 0 radical (unpaired) electrons. The highest BCUT2D eigenvalue weighted by atomic mass is 16.7. The third-order valence-corrected chi connectivity index (χ3v) is 1.56. The van der Waals surface area contributed by atoms with Crippen LogP contribution in [0.15, 0.2) is 0 Å². The summed E-state index contributed by atoms with van der Waals surface area (Å²) in [6.07, 6.45) is 0.470. The molecule has 0 fully saturated rings. The number of carbonyl (C=O) groups is 1. The molecule has 0 aromatic heterocycles. The fourth-order valence-electron chi connectivity index (χ4n) is 0.771.